The number of hydrogen-bond acceptors (Lipinski definition) is 5. The topological polar surface area (TPSA) is 120 Å². The van der Waals surface area contributed by atoms with Crippen LogP contribution >= 0.6 is 0 Å². The molecule has 140 valence electrons. The molecule has 0 aliphatic carbocycles. The second-order valence-corrected chi connectivity index (χ2v) is 6.27. The summed E-state index contributed by atoms with van der Waals surface area (Å²) in [4.78, 5) is 41.1. The van der Waals surface area contributed by atoms with E-state index in [2.05, 4.69) is 10.3 Å². The van der Waals surface area contributed by atoms with Crippen molar-refractivity contribution in [2.45, 2.75) is 12.6 Å². The lowest BCUT2D eigenvalue weighted by Gasteiger charge is -2.16. The molecule has 1 atom stereocenters. The Bertz CT molecular complexity index is 1240. The summed E-state index contributed by atoms with van der Waals surface area (Å²) in [7, 11) is 0. The number of amides is 2. The van der Waals surface area contributed by atoms with Gasteiger partial charge in [0.1, 0.15) is 23.7 Å². The summed E-state index contributed by atoms with van der Waals surface area (Å²) in [6, 6.07) is 14.8. The van der Waals surface area contributed by atoms with Crippen molar-refractivity contribution in [1.82, 2.24) is 14.9 Å². The molecule has 1 unspecified atom stereocenters. The predicted molar refractivity (Wildman–Crippen MR) is 102 cm³/mol. The van der Waals surface area contributed by atoms with E-state index in [1.165, 1.54) is 6.33 Å². The van der Waals surface area contributed by atoms with Crippen LogP contribution in [0.3, 0.4) is 0 Å². The third-order valence-electron chi connectivity index (χ3n) is 4.39. The van der Waals surface area contributed by atoms with Gasteiger partial charge in [-0.3, -0.25) is 19.0 Å². The number of primary amides is 1. The molecule has 0 aliphatic rings. The molecule has 3 N–H and O–H groups in total. The summed E-state index contributed by atoms with van der Waals surface area (Å²) in [6.45, 7) is -0.324. The molecule has 2 aromatic carbocycles. The minimum atomic E-state index is -0.993. The van der Waals surface area contributed by atoms with Crippen LogP contribution in [0.25, 0.3) is 22.1 Å². The smallest absolute Gasteiger partial charge is 0.297 e. The van der Waals surface area contributed by atoms with Gasteiger partial charge in [-0.05, 0) is 17.7 Å². The lowest BCUT2D eigenvalue weighted by atomic mass is 10.1. The van der Waals surface area contributed by atoms with Crippen LogP contribution in [0.1, 0.15) is 11.6 Å². The van der Waals surface area contributed by atoms with Gasteiger partial charge >= 0.3 is 0 Å². The first-order chi connectivity index (χ1) is 13.5. The van der Waals surface area contributed by atoms with Gasteiger partial charge in [0.25, 0.3) is 5.56 Å². The molecule has 0 bridgehead atoms. The van der Waals surface area contributed by atoms with Crippen LogP contribution in [-0.2, 0) is 16.1 Å². The van der Waals surface area contributed by atoms with Gasteiger partial charge in [0.05, 0.1) is 6.33 Å². The zero-order valence-corrected chi connectivity index (χ0v) is 14.7. The van der Waals surface area contributed by atoms with Crippen LogP contribution in [0.15, 0.2) is 70.1 Å². The van der Waals surface area contributed by atoms with Gasteiger partial charge in [-0.2, -0.15) is 0 Å². The van der Waals surface area contributed by atoms with Crippen molar-refractivity contribution in [3.8, 4) is 0 Å². The zero-order chi connectivity index (χ0) is 19.7. The second kappa shape index (κ2) is 6.99. The standard InChI is InChI=1S/C20H16N4O4/c21-19(26)16(12-6-2-1-3-7-12)23-15(25)10-24-11-22-17-13-8-4-5-9-14(13)28-18(17)20(24)27/h1-9,11,16H,10H2,(H2,21,26)(H,23,25). The SMILES string of the molecule is NC(=O)C(NC(=O)Cn1cnc2c(oc3ccccc32)c1=O)c1ccccc1. The molecule has 0 saturated heterocycles. The maximum atomic E-state index is 12.7. The van der Waals surface area contributed by atoms with E-state index < -0.39 is 23.4 Å². The van der Waals surface area contributed by atoms with Crippen molar-refractivity contribution < 1.29 is 14.0 Å². The zero-order valence-electron chi connectivity index (χ0n) is 14.7. The number of benzene rings is 2. The Morgan fingerprint density at radius 3 is 2.57 bits per heavy atom. The van der Waals surface area contributed by atoms with Crippen LogP contribution in [0, 0.1) is 0 Å². The van der Waals surface area contributed by atoms with Gasteiger partial charge in [0, 0.05) is 5.39 Å². The van der Waals surface area contributed by atoms with Crippen molar-refractivity contribution in [2.24, 2.45) is 5.73 Å². The number of aromatic nitrogens is 2. The second-order valence-electron chi connectivity index (χ2n) is 6.27. The van der Waals surface area contributed by atoms with E-state index in [0.29, 0.717) is 16.7 Å². The number of carbonyl (C=O) groups excluding carboxylic acids is 2. The molecule has 2 aromatic heterocycles. The van der Waals surface area contributed by atoms with E-state index >= 15 is 0 Å². The molecular formula is C20H16N4O4. The molecule has 4 aromatic rings. The Morgan fingerprint density at radius 2 is 1.82 bits per heavy atom. The molecule has 0 saturated carbocycles. The van der Waals surface area contributed by atoms with Crippen LogP contribution in [-0.4, -0.2) is 21.4 Å². The molecule has 4 rings (SSSR count). The Hall–Kier alpha value is -3.94. The fourth-order valence-corrected chi connectivity index (χ4v) is 3.05. The fourth-order valence-electron chi connectivity index (χ4n) is 3.05. The first-order valence-corrected chi connectivity index (χ1v) is 8.55. The number of carbonyl (C=O) groups is 2. The number of hydrogen-bond donors (Lipinski definition) is 2. The number of nitrogens with one attached hydrogen (secondary N) is 1. The number of fused-ring (bicyclic) bond motifs is 3. The van der Waals surface area contributed by atoms with Gasteiger partial charge in [-0.15, -0.1) is 0 Å². The van der Waals surface area contributed by atoms with Gasteiger partial charge in [-0.1, -0.05) is 42.5 Å². The van der Waals surface area contributed by atoms with Crippen molar-refractivity contribution in [1.29, 1.82) is 0 Å². The molecule has 2 amide bonds. The number of furan rings is 1. The van der Waals surface area contributed by atoms with Crippen molar-refractivity contribution in [2.75, 3.05) is 0 Å². The van der Waals surface area contributed by atoms with Crippen LogP contribution in [0.2, 0.25) is 0 Å². The van der Waals surface area contributed by atoms with Gasteiger partial charge in [-0.25, -0.2) is 4.98 Å². The van der Waals surface area contributed by atoms with Gasteiger partial charge < -0.3 is 15.5 Å². The van der Waals surface area contributed by atoms with Gasteiger partial charge in [0.2, 0.25) is 17.4 Å². The summed E-state index contributed by atoms with van der Waals surface area (Å²) in [5.41, 5.74) is 6.55. The van der Waals surface area contributed by atoms with E-state index in [9.17, 15) is 14.4 Å². The highest BCUT2D eigenvalue weighted by Gasteiger charge is 2.21. The van der Waals surface area contributed by atoms with E-state index in [1.54, 1.807) is 42.5 Å². The van der Waals surface area contributed by atoms with Crippen molar-refractivity contribution in [3.63, 3.8) is 0 Å². The maximum Gasteiger partial charge on any atom is 0.297 e. The number of nitrogens with zero attached hydrogens (tertiary/aromatic N) is 2. The fraction of sp³-hybridized carbons (Fsp3) is 0.100. The van der Waals surface area contributed by atoms with Gasteiger partial charge in [0.15, 0.2) is 0 Å². The van der Waals surface area contributed by atoms with Crippen molar-refractivity contribution >= 4 is 33.9 Å². The third kappa shape index (κ3) is 3.11. The summed E-state index contributed by atoms with van der Waals surface area (Å²) in [6.07, 6.45) is 1.29. The highest BCUT2D eigenvalue weighted by molar-refractivity contribution is 6.01. The lowest BCUT2D eigenvalue weighted by Crippen LogP contribution is -2.40. The number of para-hydroxylation sites is 1. The quantitative estimate of drug-likeness (QED) is 0.547. The first kappa shape index (κ1) is 17.5. The molecule has 2 heterocycles. The highest BCUT2D eigenvalue weighted by atomic mass is 16.3. The average Bonchev–Trinajstić information content (AvgIpc) is 3.08. The van der Waals surface area contributed by atoms with Crippen LogP contribution in [0.5, 0.6) is 0 Å². The summed E-state index contributed by atoms with van der Waals surface area (Å²) < 4.78 is 6.72. The summed E-state index contributed by atoms with van der Waals surface area (Å²) in [5, 5.41) is 3.28. The largest absolute Gasteiger partial charge is 0.448 e. The Kier molecular flexibility index (Phi) is 4.36. The molecular weight excluding hydrogens is 360 g/mol. The maximum absolute atomic E-state index is 12.7. The highest BCUT2D eigenvalue weighted by Crippen LogP contribution is 2.24. The predicted octanol–water partition coefficient (Wildman–Crippen LogP) is 1.49. The minimum absolute atomic E-state index is 0.0750. The Labute approximate surface area is 158 Å². The van der Waals surface area contributed by atoms with Crippen LogP contribution in [0.4, 0.5) is 0 Å². The molecule has 8 nitrogen and oxygen atoms in total. The third-order valence-corrected chi connectivity index (χ3v) is 4.39. The van der Waals surface area contributed by atoms with E-state index in [4.69, 9.17) is 10.2 Å². The van der Waals surface area contributed by atoms with Crippen molar-refractivity contribution in [3.05, 3.63) is 76.8 Å². The normalized spacial score (nSPS) is 12.1. The van der Waals surface area contributed by atoms with E-state index in [0.717, 1.165) is 9.95 Å². The molecule has 0 aliphatic heterocycles. The number of nitrogens with two attached hydrogens (primary N) is 1. The minimum Gasteiger partial charge on any atom is -0.448 e. The average molecular weight is 376 g/mol. The monoisotopic (exact) mass is 376 g/mol. The molecule has 0 radical (unpaired) electrons. The Morgan fingerprint density at radius 1 is 1.11 bits per heavy atom. The summed E-state index contributed by atoms with van der Waals surface area (Å²) >= 11 is 0. The molecule has 8 heteroatoms. The Balaban J connectivity index is 1.61. The van der Waals surface area contributed by atoms with E-state index in [-0.39, 0.29) is 12.1 Å². The van der Waals surface area contributed by atoms with E-state index in [1.807, 2.05) is 12.1 Å². The molecule has 28 heavy (non-hydrogen) atoms. The molecule has 0 spiro atoms. The first-order valence-electron chi connectivity index (χ1n) is 8.55. The summed E-state index contributed by atoms with van der Waals surface area (Å²) in [5.74, 6) is -1.25. The lowest BCUT2D eigenvalue weighted by molar-refractivity contribution is -0.127. The number of rotatable bonds is 5. The van der Waals surface area contributed by atoms with Crippen LogP contribution < -0.4 is 16.6 Å². The molecule has 0 fully saturated rings.